The standard InChI is InChI=1S/C27H29FN2O4/c1-17-20(15-25(31)34-3)14-19-8-9-21(28)16-22(19)26(17)18-10-12-30(13-11-18)27(32)29-23-6-4-5-7-24(23)33-2/h4-9,14,16,18H,10-13,15H2,1-3H3,(H,29,32). The van der Waals surface area contributed by atoms with Gasteiger partial charge in [-0.05, 0) is 77.4 Å². The van der Waals surface area contributed by atoms with Crippen molar-refractivity contribution in [3.63, 3.8) is 0 Å². The van der Waals surface area contributed by atoms with Crippen molar-refractivity contribution in [3.8, 4) is 5.75 Å². The van der Waals surface area contributed by atoms with Crippen molar-refractivity contribution in [3.05, 3.63) is 71.0 Å². The molecule has 0 saturated carbocycles. The van der Waals surface area contributed by atoms with Crippen LogP contribution in [0.3, 0.4) is 0 Å². The summed E-state index contributed by atoms with van der Waals surface area (Å²) in [6.45, 7) is 3.13. The molecule has 1 aliphatic heterocycles. The Hall–Kier alpha value is -3.61. The van der Waals surface area contributed by atoms with Gasteiger partial charge in [-0.3, -0.25) is 4.79 Å². The monoisotopic (exact) mass is 464 g/mol. The summed E-state index contributed by atoms with van der Waals surface area (Å²) in [5, 5.41) is 4.70. The smallest absolute Gasteiger partial charge is 0.321 e. The lowest BCUT2D eigenvalue weighted by Gasteiger charge is -2.34. The molecule has 0 aromatic heterocycles. The molecule has 0 atom stereocenters. The van der Waals surface area contributed by atoms with E-state index in [4.69, 9.17) is 9.47 Å². The molecule has 0 aliphatic carbocycles. The lowest BCUT2D eigenvalue weighted by molar-refractivity contribution is -0.139. The molecule has 34 heavy (non-hydrogen) atoms. The number of rotatable bonds is 5. The van der Waals surface area contributed by atoms with Gasteiger partial charge < -0.3 is 19.7 Å². The van der Waals surface area contributed by atoms with Crippen LogP contribution in [-0.2, 0) is 16.0 Å². The maximum Gasteiger partial charge on any atom is 0.321 e. The average molecular weight is 465 g/mol. The van der Waals surface area contributed by atoms with Crippen LogP contribution in [0.15, 0.2) is 48.5 Å². The van der Waals surface area contributed by atoms with Gasteiger partial charge in [0.25, 0.3) is 0 Å². The highest BCUT2D eigenvalue weighted by Crippen LogP contribution is 2.38. The zero-order valence-electron chi connectivity index (χ0n) is 19.7. The summed E-state index contributed by atoms with van der Waals surface area (Å²) >= 11 is 0. The van der Waals surface area contributed by atoms with E-state index in [1.165, 1.54) is 13.2 Å². The van der Waals surface area contributed by atoms with Gasteiger partial charge in [0.15, 0.2) is 0 Å². The van der Waals surface area contributed by atoms with E-state index in [0.29, 0.717) is 24.5 Å². The second-order valence-electron chi connectivity index (χ2n) is 8.58. The number of halogens is 1. The zero-order valence-corrected chi connectivity index (χ0v) is 19.7. The highest BCUT2D eigenvalue weighted by molar-refractivity contribution is 5.91. The van der Waals surface area contributed by atoms with Crippen molar-refractivity contribution < 1.29 is 23.5 Å². The largest absolute Gasteiger partial charge is 0.495 e. The van der Waals surface area contributed by atoms with Crippen molar-refractivity contribution >= 4 is 28.5 Å². The van der Waals surface area contributed by atoms with Crippen molar-refractivity contribution in [1.29, 1.82) is 0 Å². The molecule has 178 valence electrons. The minimum Gasteiger partial charge on any atom is -0.495 e. The number of nitrogens with one attached hydrogen (secondary N) is 1. The molecule has 7 heteroatoms. The predicted molar refractivity (Wildman–Crippen MR) is 130 cm³/mol. The number of methoxy groups -OCH3 is 2. The number of benzene rings is 3. The number of urea groups is 1. The molecule has 2 amide bonds. The molecular formula is C27H29FN2O4. The highest BCUT2D eigenvalue weighted by atomic mass is 19.1. The number of esters is 1. The summed E-state index contributed by atoms with van der Waals surface area (Å²) in [4.78, 5) is 26.6. The number of para-hydroxylation sites is 2. The first-order valence-electron chi connectivity index (χ1n) is 11.4. The number of fused-ring (bicyclic) bond motifs is 1. The first-order valence-corrected chi connectivity index (χ1v) is 11.4. The second-order valence-corrected chi connectivity index (χ2v) is 8.58. The molecule has 1 N–H and O–H groups in total. The normalized spacial score (nSPS) is 14.2. The number of piperidine rings is 1. The molecule has 1 aliphatic rings. The molecule has 4 rings (SSSR count). The van der Waals surface area contributed by atoms with Gasteiger partial charge in [-0.2, -0.15) is 0 Å². The van der Waals surface area contributed by atoms with Gasteiger partial charge in [-0.1, -0.05) is 24.3 Å². The van der Waals surface area contributed by atoms with Gasteiger partial charge in [0.05, 0.1) is 26.3 Å². The Bertz CT molecular complexity index is 1220. The molecular weight excluding hydrogens is 435 g/mol. The number of carbonyl (C=O) groups is 2. The van der Waals surface area contributed by atoms with Gasteiger partial charge >= 0.3 is 12.0 Å². The molecule has 0 radical (unpaired) electrons. The fraction of sp³-hybridized carbons (Fsp3) is 0.333. The maximum absolute atomic E-state index is 14.2. The molecule has 1 saturated heterocycles. The molecule has 1 heterocycles. The van der Waals surface area contributed by atoms with E-state index in [9.17, 15) is 14.0 Å². The van der Waals surface area contributed by atoms with Crippen molar-refractivity contribution in [2.24, 2.45) is 0 Å². The summed E-state index contributed by atoms with van der Waals surface area (Å²) in [5.41, 5.74) is 3.56. The maximum atomic E-state index is 14.2. The number of ether oxygens (including phenoxy) is 2. The summed E-state index contributed by atoms with van der Waals surface area (Å²) in [6, 6.07) is 13.8. The number of hydrogen-bond donors (Lipinski definition) is 1. The lowest BCUT2D eigenvalue weighted by atomic mass is 9.81. The molecule has 0 bridgehead atoms. The summed E-state index contributed by atoms with van der Waals surface area (Å²) in [5.74, 6) is 0.162. The van der Waals surface area contributed by atoms with Crippen LogP contribution in [0.4, 0.5) is 14.9 Å². The van der Waals surface area contributed by atoms with Gasteiger partial charge in [-0.25, -0.2) is 9.18 Å². The Morgan fingerprint density at radius 3 is 2.53 bits per heavy atom. The molecule has 6 nitrogen and oxygen atoms in total. The van der Waals surface area contributed by atoms with Crippen LogP contribution in [0.2, 0.25) is 0 Å². The lowest BCUT2D eigenvalue weighted by Crippen LogP contribution is -2.40. The Morgan fingerprint density at radius 1 is 1.09 bits per heavy atom. The van der Waals surface area contributed by atoms with Gasteiger partial charge in [0.1, 0.15) is 11.6 Å². The first-order chi connectivity index (χ1) is 16.4. The fourth-order valence-electron chi connectivity index (χ4n) is 4.81. The van der Waals surface area contributed by atoms with Crippen LogP contribution >= 0.6 is 0 Å². The van der Waals surface area contributed by atoms with Crippen LogP contribution in [0.25, 0.3) is 10.8 Å². The molecule has 1 fully saturated rings. The van der Waals surface area contributed by atoms with E-state index < -0.39 is 0 Å². The Morgan fingerprint density at radius 2 is 1.82 bits per heavy atom. The topological polar surface area (TPSA) is 67.9 Å². The van der Waals surface area contributed by atoms with Crippen LogP contribution in [0, 0.1) is 12.7 Å². The SMILES string of the molecule is COC(=O)Cc1cc2ccc(F)cc2c(C2CCN(C(=O)Nc3ccccc3OC)CC2)c1C. The first kappa shape index (κ1) is 23.5. The minimum absolute atomic E-state index is 0.150. The number of amides is 2. The third-order valence-electron chi connectivity index (χ3n) is 6.62. The summed E-state index contributed by atoms with van der Waals surface area (Å²) < 4.78 is 24.4. The van der Waals surface area contributed by atoms with Gasteiger partial charge in [0.2, 0.25) is 0 Å². The third-order valence-corrected chi connectivity index (χ3v) is 6.62. The fourth-order valence-corrected chi connectivity index (χ4v) is 4.81. The van der Waals surface area contributed by atoms with E-state index in [2.05, 4.69) is 5.32 Å². The molecule has 3 aromatic carbocycles. The van der Waals surface area contributed by atoms with Crippen LogP contribution in [-0.4, -0.2) is 44.2 Å². The number of likely N-dealkylation sites (tertiary alicyclic amines) is 1. The van der Waals surface area contributed by atoms with E-state index in [1.807, 2.05) is 25.1 Å². The van der Waals surface area contributed by atoms with E-state index in [1.54, 1.807) is 36.3 Å². The second kappa shape index (κ2) is 10.1. The number of carbonyl (C=O) groups excluding carboxylic acids is 2. The van der Waals surface area contributed by atoms with Crippen molar-refractivity contribution in [1.82, 2.24) is 4.90 Å². The molecule has 3 aromatic rings. The third kappa shape index (κ3) is 4.83. The van der Waals surface area contributed by atoms with Crippen LogP contribution in [0.5, 0.6) is 5.75 Å². The Kier molecular flexibility index (Phi) is 7.01. The van der Waals surface area contributed by atoms with Gasteiger partial charge in [0, 0.05) is 13.1 Å². The highest BCUT2D eigenvalue weighted by Gasteiger charge is 2.27. The van der Waals surface area contributed by atoms with Crippen LogP contribution in [0.1, 0.15) is 35.4 Å². The number of anilines is 1. The molecule has 0 unspecified atom stereocenters. The van der Waals surface area contributed by atoms with E-state index in [-0.39, 0.29) is 30.2 Å². The summed E-state index contributed by atoms with van der Waals surface area (Å²) in [7, 11) is 2.95. The van der Waals surface area contributed by atoms with E-state index >= 15 is 0 Å². The molecule has 0 spiro atoms. The number of hydrogen-bond acceptors (Lipinski definition) is 4. The van der Waals surface area contributed by atoms with E-state index in [0.717, 1.165) is 40.3 Å². The quantitative estimate of drug-likeness (QED) is 0.512. The Balaban J connectivity index is 1.56. The minimum atomic E-state index is -0.307. The summed E-state index contributed by atoms with van der Waals surface area (Å²) in [6.07, 6.45) is 1.66. The van der Waals surface area contributed by atoms with Crippen molar-refractivity contribution in [2.45, 2.75) is 32.1 Å². The van der Waals surface area contributed by atoms with Gasteiger partial charge in [-0.15, -0.1) is 0 Å². The zero-order chi connectivity index (χ0) is 24.2. The number of nitrogens with zero attached hydrogens (tertiary/aromatic N) is 1. The predicted octanol–water partition coefficient (Wildman–Crippen LogP) is 5.42. The van der Waals surface area contributed by atoms with Crippen molar-refractivity contribution in [2.75, 3.05) is 32.6 Å². The van der Waals surface area contributed by atoms with Crippen LogP contribution < -0.4 is 10.1 Å². The average Bonchev–Trinajstić information content (AvgIpc) is 2.85. The Labute approximate surface area is 198 Å².